The number of hydrogen-bond acceptors (Lipinski definition) is 1. The maximum absolute atomic E-state index is 3.98. The van der Waals surface area contributed by atoms with Crippen molar-refractivity contribution in [3.63, 3.8) is 0 Å². The highest BCUT2D eigenvalue weighted by molar-refractivity contribution is 5.81. The van der Waals surface area contributed by atoms with Gasteiger partial charge in [-0.3, -0.25) is 4.99 Å². The van der Waals surface area contributed by atoms with E-state index >= 15 is 0 Å². The Balaban J connectivity index is 4.68. The second kappa shape index (κ2) is 4.70. The molecule has 1 nitrogen and oxygen atoms in total. The van der Waals surface area contributed by atoms with Gasteiger partial charge in [-0.25, -0.2) is 0 Å². The summed E-state index contributed by atoms with van der Waals surface area (Å²) in [7, 11) is 0. The van der Waals surface area contributed by atoms with Gasteiger partial charge < -0.3 is 0 Å². The van der Waals surface area contributed by atoms with Crippen LogP contribution in [0.4, 0.5) is 0 Å². The van der Waals surface area contributed by atoms with Crippen LogP contribution in [0.5, 0.6) is 0 Å². The van der Waals surface area contributed by atoms with Crippen LogP contribution in [0.3, 0.4) is 0 Å². The van der Waals surface area contributed by atoms with Crippen molar-refractivity contribution in [1.29, 1.82) is 0 Å². The van der Waals surface area contributed by atoms with Crippen LogP contribution < -0.4 is 0 Å². The second-order valence-corrected chi connectivity index (χ2v) is 3.57. The number of rotatable bonds is 3. The number of aliphatic imine (C=N–C) groups is 1. The second-order valence-electron chi connectivity index (χ2n) is 3.57. The highest BCUT2D eigenvalue weighted by Crippen LogP contribution is 2.23. The molecule has 0 atom stereocenters. The van der Waals surface area contributed by atoms with Crippen LogP contribution in [0, 0.1) is 5.41 Å². The van der Waals surface area contributed by atoms with Gasteiger partial charge in [-0.2, -0.15) is 0 Å². The maximum Gasteiger partial charge on any atom is 0.0304 e. The Morgan fingerprint density at radius 2 is 1.83 bits per heavy atom. The highest BCUT2D eigenvalue weighted by Gasteiger charge is 2.13. The molecule has 0 aromatic heterocycles. The summed E-state index contributed by atoms with van der Waals surface area (Å²) in [6.07, 6.45) is 7.08. The quantitative estimate of drug-likeness (QED) is 0.447. The average molecular weight is 163 g/mol. The lowest BCUT2D eigenvalue weighted by molar-refractivity contribution is 0.527. The predicted octanol–water partition coefficient (Wildman–Crippen LogP) is 3.36. The molecule has 0 fully saturated rings. The van der Waals surface area contributed by atoms with Crippen molar-refractivity contribution in [3.8, 4) is 0 Å². The Hall–Kier alpha value is -1.11. The van der Waals surface area contributed by atoms with E-state index in [0.717, 1.165) is 5.57 Å². The molecular formula is C11H17N. The van der Waals surface area contributed by atoms with Crippen LogP contribution in [0.15, 0.2) is 42.1 Å². The third kappa shape index (κ3) is 3.91. The summed E-state index contributed by atoms with van der Waals surface area (Å²) in [5.41, 5.74) is 1.26. The third-order valence-corrected chi connectivity index (χ3v) is 1.48. The molecule has 0 aliphatic rings. The monoisotopic (exact) mass is 163 g/mol. The SMILES string of the molecule is C=C/C=C(\C=N/C=C)C(C)(C)C. The first-order chi connectivity index (χ1) is 5.52. The zero-order valence-corrected chi connectivity index (χ0v) is 8.17. The molecule has 0 N–H and O–H groups in total. The standard InChI is InChI=1S/C11H17N/c1-6-8-10(9-12-7-2)11(3,4)5/h6-9H,1-2H2,3-5H3/b10-8+,12-9-. The summed E-state index contributed by atoms with van der Waals surface area (Å²) in [4.78, 5) is 3.98. The summed E-state index contributed by atoms with van der Waals surface area (Å²) in [5, 5.41) is 0. The molecule has 0 aromatic carbocycles. The minimum absolute atomic E-state index is 0.112. The van der Waals surface area contributed by atoms with Gasteiger partial charge in [0.15, 0.2) is 0 Å². The molecule has 0 radical (unpaired) electrons. The molecule has 0 aromatic rings. The van der Waals surface area contributed by atoms with E-state index in [-0.39, 0.29) is 5.41 Å². The first kappa shape index (κ1) is 10.9. The molecule has 0 saturated carbocycles. The Morgan fingerprint density at radius 1 is 1.25 bits per heavy atom. The highest BCUT2D eigenvalue weighted by atomic mass is 14.7. The lowest BCUT2D eigenvalue weighted by Crippen LogP contribution is -2.10. The molecule has 0 amide bonds. The van der Waals surface area contributed by atoms with Crippen molar-refractivity contribution in [2.24, 2.45) is 10.4 Å². The van der Waals surface area contributed by atoms with Crippen LogP contribution in [-0.2, 0) is 0 Å². The predicted molar refractivity (Wildman–Crippen MR) is 56.4 cm³/mol. The van der Waals surface area contributed by atoms with E-state index in [2.05, 4.69) is 38.9 Å². The van der Waals surface area contributed by atoms with E-state index in [0.29, 0.717) is 0 Å². The van der Waals surface area contributed by atoms with Crippen molar-refractivity contribution in [1.82, 2.24) is 0 Å². The fourth-order valence-electron chi connectivity index (χ4n) is 0.747. The van der Waals surface area contributed by atoms with Crippen LogP contribution in [0.25, 0.3) is 0 Å². The van der Waals surface area contributed by atoms with Gasteiger partial charge in [-0.05, 0) is 11.0 Å². The zero-order valence-electron chi connectivity index (χ0n) is 8.17. The Bertz CT molecular complexity index is 214. The number of nitrogens with zero attached hydrogens (tertiary/aromatic N) is 1. The van der Waals surface area contributed by atoms with Crippen LogP contribution in [-0.4, -0.2) is 6.21 Å². The van der Waals surface area contributed by atoms with Gasteiger partial charge in [0.2, 0.25) is 0 Å². The van der Waals surface area contributed by atoms with Crippen molar-refractivity contribution in [2.45, 2.75) is 20.8 Å². The fraction of sp³-hybridized carbons (Fsp3) is 0.364. The lowest BCUT2D eigenvalue weighted by atomic mass is 9.87. The molecule has 0 rings (SSSR count). The van der Waals surface area contributed by atoms with E-state index in [9.17, 15) is 0 Å². The average Bonchev–Trinajstić information content (AvgIpc) is 1.95. The van der Waals surface area contributed by atoms with Crippen LogP contribution >= 0.6 is 0 Å². The van der Waals surface area contributed by atoms with E-state index in [4.69, 9.17) is 0 Å². The first-order valence-corrected chi connectivity index (χ1v) is 3.99. The van der Waals surface area contributed by atoms with Gasteiger partial charge in [0.25, 0.3) is 0 Å². The van der Waals surface area contributed by atoms with E-state index in [1.807, 2.05) is 12.3 Å². The van der Waals surface area contributed by atoms with Crippen molar-refractivity contribution in [2.75, 3.05) is 0 Å². The molecular weight excluding hydrogens is 146 g/mol. The zero-order chi connectivity index (χ0) is 9.61. The molecule has 0 spiro atoms. The molecule has 12 heavy (non-hydrogen) atoms. The van der Waals surface area contributed by atoms with Gasteiger partial charge in [-0.1, -0.05) is 46.1 Å². The van der Waals surface area contributed by atoms with Gasteiger partial charge in [-0.15, -0.1) is 0 Å². The largest absolute Gasteiger partial charge is 0.265 e. The summed E-state index contributed by atoms with van der Waals surface area (Å²) in [5.74, 6) is 0. The smallest absolute Gasteiger partial charge is 0.0304 e. The number of allylic oxidation sites excluding steroid dienone is 3. The van der Waals surface area contributed by atoms with Crippen LogP contribution in [0.1, 0.15) is 20.8 Å². The van der Waals surface area contributed by atoms with Crippen molar-refractivity contribution in [3.05, 3.63) is 37.1 Å². The molecule has 0 aliphatic carbocycles. The van der Waals surface area contributed by atoms with E-state index < -0.39 is 0 Å². The normalized spacial score (nSPS) is 13.4. The van der Waals surface area contributed by atoms with Gasteiger partial charge in [0.05, 0.1) is 0 Å². The Kier molecular flexibility index (Phi) is 4.27. The minimum Gasteiger partial charge on any atom is -0.265 e. The van der Waals surface area contributed by atoms with Crippen molar-refractivity contribution < 1.29 is 0 Å². The topological polar surface area (TPSA) is 12.4 Å². The first-order valence-electron chi connectivity index (χ1n) is 3.99. The molecule has 0 heterocycles. The lowest BCUT2D eigenvalue weighted by Gasteiger charge is -2.18. The molecule has 0 aliphatic heterocycles. The molecule has 1 heteroatoms. The number of hydrogen-bond donors (Lipinski definition) is 0. The molecule has 66 valence electrons. The molecule has 0 unspecified atom stereocenters. The third-order valence-electron chi connectivity index (χ3n) is 1.48. The van der Waals surface area contributed by atoms with Crippen LogP contribution in [0.2, 0.25) is 0 Å². The van der Waals surface area contributed by atoms with E-state index in [1.54, 1.807) is 6.08 Å². The minimum atomic E-state index is 0.112. The van der Waals surface area contributed by atoms with Crippen molar-refractivity contribution >= 4 is 6.21 Å². The Morgan fingerprint density at radius 3 is 2.17 bits per heavy atom. The fourth-order valence-corrected chi connectivity index (χ4v) is 0.747. The van der Waals surface area contributed by atoms with Gasteiger partial charge >= 0.3 is 0 Å². The van der Waals surface area contributed by atoms with E-state index in [1.165, 1.54) is 6.20 Å². The maximum atomic E-state index is 3.98. The van der Waals surface area contributed by atoms with Gasteiger partial charge in [0, 0.05) is 12.4 Å². The molecule has 0 saturated heterocycles. The Labute approximate surface area is 75.2 Å². The summed E-state index contributed by atoms with van der Waals surface area (Å²) < 4.78 is 0. The molecule has 0 bridgehead atoms. The summed E-state index contributed by atoms with van der Waals surface area (Å²) in [6, 6.07) is 0. The summed E-state index contributed by atoms with van der Waals surface area (Å²) >= 11 is 0. The van der Waals surface area contributed by atoms with Gasteiger partial charge in [0.1, 0.15) is 0 Å². The summed E-state index contributed by atoms with van der Waals surface area (Å²) in [6.45, 7) is 13.6.